The number of nitrogens with zero attached hydrogens (tertiary/aromatic N) is 3. The summed E-state index contributed by atoms with van der Waals surface area (Å²) in [5.74, 6) is 0.771. The molecule has 0 aliphatic carbocycles. The summed E-state index contributed by atoms with van der Waals surface area (Å²) in [6.07, 6.45) is 5.24. The summed E-state index contributed by atoms with van der Waals surface area (Å²) in [5, 5.41) is 0. The topological polar surface area (TPSA) is 39.4 Å². The van der Waals surface area contributed by atoms with Crippen LogP contribution in [0.3, 0.4) is 0 Å². The van der Waals surface area contributed by atoms with E-state index < -0.39 is 0 Å². The van der Waals surface area contributed by atoms with Gasteiger partial charge in [-0.2, -0.15) is 0 Å². The molecule has 4 heteroatoms. The molecule has 2 aromatic heterocycles. The van der Waals surface area contributed by atoms with Crippen molar-refractivity contribution in [2.45, 2.75) is 20.8 Å². The van der Waals surface area contributed by atoms with Crippen LogP contribution in [0, 0.1) is 6.92 Å². The summed E-state index contributed by atoms with van der Waals surface area (Å²) in [7, 11) is 1.64. The Bertz CT molecular complexity index is 409. The van der Waals surface area contributed by atoms with Gasteiger partial charge in [-0.3, -0.25) is 9.38 Å². The fraction of sp³-hybridized carbons (Fsp3) is 0.400. The molecule has 4 nitrogen and oxygen atoms in total. The van der Waals surface area contributed by atoms with Gasteiger partial charge in [0.15, 0.2) is 5.65 Å². The fourth-order valence-electron chi connectivity index (χ4n) is 1.25. The third-order valence-electron chi connectivity index (χ3n) is 1.74. The van der Waals surface area contributed by atoms with Crippen LogP contribution in [-0.4, -0.2) is 21.5 Å². The van der Waals surface area contributed by atoms with Crippen LogP contribution in [0.2, 0.25) is 0 Å². The number of aryl methyl sites for hydroxylation is 1. The standard InChI is InChI=1S/C8H9N3O.C2H6/c1-6-8(12-2)11-4-3-9-5-7(11)10-6;1-2/h3-5H,1-2H3;1-2H3. The summed E-state index contributed by atoms with van der Waals surface area (Å²) >= 11 is 0. The van der Waals surface area contributed by atoms with Gasteiger partial charge in [0.25, 0.3) is 0 Å². The smallest absolute Gasteiger partial charge is 0.221 e. The predicted molar refractivity (Wildman–Crippen MR) is 55.6 cm³/mol. The van der Waals surface area contributed by atoms with Crippen molar-refractivity contribution >= 4 is 5.65 Å². The van der Waals surface area contributed by atoms with Crippen LogP contribution < -0.4 is 4.74 Å². The number of ether oxygens (including phenoxy) is 1. The number of hydrogen-bond donors (Lipinski definition) is 0. The lowest BCUT2D eigenvalue weighted by Gasteiger charge is -1.98. The van der Waals surface area contributed by atoms with Crippen molar-refractivity contribution < 1.29 is 4.74 Å². The minimum Gasteiger partial charge on any atom is -0.481 e. The van der Waals surface area contributed by atoms with E-state index in [1.54, 1.807) is 19.5 Å². The van der Waals surface area contributed by atoms with Gasteiger partial charge in [-0.25, -0.2) is 4.98 Å². The molecule has 0 N–H and O–H groups in total. The Hall–Kier alpha value is -1.58. The van der Waals surface area contributed by atoms with Crippen molar-refractivity contribution in [3.63, 3.8) is 0 Å². The highest BCUT2D eigenvalue weighted by Crippen LogP contribution is 2.17. The molecule has 0 saturated carbocycles. The second kappa shape index (κ2) is 4.60. The van der Waals surface area contributed by atoms with E-state index in [0.717, 1.165) is 17.2 Å². The summed E-state index contributed by atoms with van der Waals surface area (Å²) in [4.78, 5) is 8.22. The van der Waals surface area contributed by atoms with E-state index in [9.17, 15) is 0 Å². The molecule has 2 aromatic rings. The molecule has 0 spiro atoms. The molecule has 0 saturated heterocycles. The molecule has 2 rings (SSSR count). The zero-order valence-corrected chi connectivity index (χ0v) is 8.98. The molecule has 76 valence electrons. The van der Waals surface area contributed by atoms with Gasteiger partial charge in [-0.05, 0) is 6.92 Å². The fourth-order valence-corrected chi connectivity index (χ4v) is 1.25. The molecule has 0 radical (unpaired) electrons. The third kappa shape index (κ3) is 1.69. The Morgan fingerprint density at radius 1 is 1.36 bits per heavy atom. The van der Waals surface area contributed by atoms with Gasteiger partial charge in [-0.1, -0.05) is 13.8 Å². The lowest BCUT2D eigenvalue weighted by Crippen LogP contribution is -1.90. The second-order valence-electron chi connectivity index (χ2n) is 2.51. The van der Waals surface area contributed by atoms with Gasteiger partial charge < -0.3 is 4.74 Å². The minimum atomic E-state index is 0.771. The molecular weight excluding hydrogens is 178 g/mol. The van der Waals surface area contributed by atoms with E-state index in [1.165, 1.54) is 0 Å². The number of imidazole rings is 1. The number of rotatable bonds is 1. The number of aromatic nitrogens is 3. The maximum absolute atomic E-state index is 5.17. The van der Waals surface area contributed by atoms with Gasteiger partial charge in [0.05, 0.1) is 13.3 Å². The monoisotopic (exact) mass is 193 g/mol. The van der Waals surface area contributed by atoms with E-state index >= 15 is 0 Å². The van der Waals surface area contributed by atoms with E-state index in [0.29, 0.717) is 0 Å². The molecular formula is C10H15N3O. The highest BCUT2D eigenvalue weighted by atomic mass is 16.5. The highest BCUT2D eigenvalue weighted by Gasteiger charge is 2.06. The Labute approximate surface area is 83.6 Å². The molecule has 0 bridgehead atoms. The minimum absolute atomic E-state index is 0.771. The Morgan fingerprint density at radius 3 is 2.71 bits per heavy atom. The predicted octanol–water partition coefficient (Wildman–Crippen LogP) is 2.07. The number of hydrogen-bond acceptors (Lipinski definition) is 3. The SMILES string of the molecule is CC.COc1c(C)nc2cnccn12. The van der Waals surface area contributed by atoms with Gasteiger partial charge in [-0.15, -0.1) is 0 Å². The highest BCUT2D eigenvalue weighted by molar-refractivity contribution is 5.43. The lowest BCUT2D eigenvalue weighted by molar-refractivity contribution is 0.390. The van der Waals surface area contributed by atoms with Gasteiger partial charge in [0, 0.05) is 12.4 Å². The Balaban J connectivity index is 0.000000461. The van der Waals surface area contributed by atoms with Crippen molar-refractivity contribution in [2.75, 3.05) is 7.11 Å². The zero-order valence-electron chi connectivity index (χ0n) is 8.98. The van der Waals surface area contributed by atoms with Crippen LogP contribution in [0.25, 0.3) is 5.65 Å². The molecule has 0 atom stereocenters. The average molecular weight is 193 g/mol. The van der Waals surface area contributed by atoms with Crippen molar-refractivity contribution in [3.8, 4) is 5.88 Å². The zero-order chi connectivity index (χ0) is 10.6. The Kier molecular flexibility index (Phi) is 3.45. The Morgan fingerprint density at radius 2 is 2.07 bits per heavy atom. The summed E-state index contributed by atoms with van der Waals surface area (Å²) in [5.41, 5.74) is 1.69. The average Bonchev–Trinajstić information content (AvgIpc) is 2.56. The van der Waals surface area contributed by atoms with E-state index in [2.05, 4.69) is 9.97 Å². The molecule has 0 fully saturated rings. The third-order valence-corrected chi connectivity index (χ3v) is 1.74. The second-order valence-corrected chi connectivity index (χ2v) is 2.51. The van der Waals surface area contributed by atoms with Crippen molar-refractivity contribution in [3.05, 3.63) is 24.3 Å². The van der Waals surface area contributed by atoms with Crippen LogP contribution in [0.4, 0.5) is 0 Å². The van der Waals surface area contributed by atoms with Crippen LogP contribution >= 0.6 is 0 Å². The van der Waals surface area contributed by atoms with Crippen LogP contribution in [0.1, 0.15) is 19.5 Å². The molecule has 0 aliphatic rings. The van der Waals surface area contributed by atoms with E-state index in [-0.39, 0.29) is 0 Å². The van der Waals surface area contributed by atoms with Gasteiger partial charge in [0.2, 0.25) is 5.88 Å². The van der Waals surface area contributed by atoms with Crippen LogP contribution in [0.5, 0.6) is 5.88 Å². The van der Waals surface area contributed by atoms with Crippen molar-refractivity contribution in [1.82, 2.24) is 14.4 Å². The summed E-state index contributed by atoms with van der Waals surface area (Å²) < 4.78 is 7.03. The molecule has 14 heavy (non-hydrogen) atoms. The maximum Gasteiger partial charge on any atom is 0.221 e. The van der Waals surface area contributed by atoms with E-state index in [1.807, 2.05) is 31.4 Å². The van der Waals surface area contributed by atoms with Gasteiger partial charge in [0.1, 0.15) is 5.69 Å². The summed E-state index contributed by atoms with van der Waals surface area (Å²) in [6, 6.07) is 0. The first kappa shape index (κ1) is 10.5. The lowest BCUT2D eigenvalue weighted by atomic mass is 10.5. The largest absolute Gasteiger partial charge is 0.481 e. The molecule has 0 unspecified atom stereocenters. The maximum atomic E-state index is 5.17. The number of methoxy groups -OCH3 is 1. The van der Waals surface area contributed by atoms with Gasteiger partial charge >= 0.3 is 0 Å². The van der Waals surface area contributed by atoms with Crippen molar-refractivity contribution in [1.29, 1.82) is 0 Å². The quantitative estimate of drug-likeness (QED) is 0.696. The first-order valence-corrected chi connectivity index (χ1v) is 4.65. The van der Waals surface area contributed by atoms with Crippen LogP contribution in [0.15, 0.2) is 18.6 Å². The molecule has 0 amide bonds. The van der Waals surface area contributed by atoms with E-state index in [4.69, 9.17) is 4.74 Å². The van der Waals surface area contributed by atoms with Crippen LogP contribution in [-0.2, 0) is 0 Å². The molecule has 2 heterocycles. The molecule has 0 aliphatic heterocycles. The summed E-state index contributed by atoms with van der Waals surface area (Å²) in [6.45, 7) is 5.91. The van der Waals surface area contributed by atoms with Crippen molar-refractivity contribution in [2.24, 2.45) is 0 Å². The molecule has 0 aromatic carbocycles. The first-order valence-electron chi connectivity index (χ1n) is 4.65. The number of fused-ring (bicyclic) bond motifs is 1. The first-order chi connectivity index (χ1) is 6.83. The normalized spacial score (nSPS) is 9.43.